The van der Waals surface area contributed by atoms with Gasteiger partial charge in [-0.15, -0.1) is 0 Å². The predicted octanol–water partition coefficient (Wildman–Crippen LogP) is 3.74. The molecule has 0 saturated carbocycles. The number of nitrogens with one attached hydrogen (secondary N) is 1. The number of aromatic nitrogens is 2. The highest BCUT2D eigenvalue weighted by Gasteiger charge is 2.16. The number of hydrogen-bond acceptors (Lipinski definition) is 2. The third-order valence-corrected chi connectivity index (χ3v) is 2.96. The molecular weight excluding hydrogens is 234 g/mol. The van der Waals surface area contributed by atoms with Crippen LogP contribution >= 0.6 is 11.6 Å². The van der Waals surface area contributed by atoms with Gasteiger partial charge in [0, 0.05) is 16.1 Å². The molecule has 1 heterocycles. The van der Waals surface area contributed by atoms with Crippen LogP contribution in [0.4, 0.5) is 5.82 Å². The number of H-pyrrole nitrogens is 1. The van der Waals surface area contributed by atoms with Crippen molar-refractivity contribution in [3.05, 3.63) is 34.3 Å². The minimum atomic E-state index is 0.322. The van der Waals surface area contributed by atoms with E-state index in [1.54, 1.807) is 0 Å². The van der Waals surface area contributed by atoms with Gasteiger partial charge in [-0.25, -0.2) is 0 Å². The van der Waals surface area contributed by atoms with Gasteiger partial charge >= 0.3 is 0 Å². The van der Waals surface area contributed by atoms with E-state index in [9.17, 15) is 0 Å². The van der Waals surface area contributed by atoms with Crippen LogP contribution in [-0.4, -0.2) is 10.2 Å². The number of anilines is 1. The van der Waals surface area contributed by atoms with Gasteiger partial charge in [0.1, 0.15) is 5.82 Å². The molecule has 3 nitrogen and oxygen atoms in total. The number of aryl methyl sites for hydroxylation is 1. The number of halogens is 1. The van der Waals surface area contributed by atoms with Gasteiger partial charge in [-0.3, -0.25) is 5.10 Å². The van der Waals surface area contributed by atoms with Gasteiger partial charge in [-0.2, -0.15) is 5.10 Å². The fourth-order valence-corrected chi connectivity index (χ4v) is 2.34. The maximum absolute atomic E-state index is 6.07. The number of hydrogen-bond donors (Lipinski definition) is 2. The molecule has 2 aromatic rings. The largest absolute Gasteiger partial charge is 0.382 e. The lowest BCUT2D eigenvalue weighted by atomic mass is 9.98. The predicted molar refractivity (Wildman–Crippen MR) is 72.3 cm³/mol. The number of benzene rings is 1. The summed E-state index contributed by atoms with van der Waals surface area (Å²) in [6.07, 6.45) is 0. The Morgan fingerprint density at radius 2 is 2.00 bits per heavy atom. The van der Waals surface area contributed by atoms with Gasteiger partial charge in [0.15, 0.2) is 0 Å². The van der Waals surface area contributed by atoms with Crippen LogP contribution < -0.4 is 5.73 Å². The zero-order chi connectivity index (χ0) is 12.6. The van der Waals surface area contributed by atoms with Crippen molar-refractivity contribution in [1.29, 1.82) is 0 Å². The Kier molecular flexibility index (Phi) is 3.11. The standard InChI is InChI=1S/C13H16ClN3/c1-7(2)11-12(16-17-13(11)15)9-4-8(3)5-10(14)6-9/h4-7H,1-3H3,(H3,15,16,17). The molecule has 17 heavy (non-hydrogen) atoms. The van der Waals surface area contributed by atoms with Crippen LogP contribution in [0.2, 0.25) is 5.02 Å². The first kappa shape index (κ1) is 12.0. The number of nitrogen functional groups attached to an aromatic ring is 1. The second-order valence-electron chi connectivity index (χ2n) is 4.57. The number of aromatic amines is 1. The zero-order valence-corrected chi connectivity index (χ0v) is 11.0. The SMILES string of the molecule is Cc1cc(Cl)cc(-c2[nH]nc(N)c2C(C)C)c1. The Hall–Kier alpha value is -1.48. The quantitative estimate of drug-likeness (QED) is 0.852. The molecule has 0 aliphatic heterocycles. The summed E-state index contributed by atoms with van der Waals surface area (Å²) in [7, 11) is 0. The van der Waals surface area contributed by atoms with Crippen molar-refractivity contribution >= 4 is 17.4 Å². The highest BCUT2D eigenvalue weighted by molar-refractivity contribution is 6.30. The van der Waals surface area contributed by atoms with Crippen LogP contribution in [-0.2, 0) is 0 Å². The van der Waals surface area contributed by atoms with Gasteiger partial charge in [0.2, 0.25) is 0 Å². The molecule has 1 aromatic heterocycles. The first-order valence-electron chi connectivity index (χ1n) is 5.60. The lowest BCUT2D eigenvalue weighted by Gasteiger charge is -2.08. The lowest BCUT2D eigenvalue weighted by Crippen LogP contribution is -1.95. The molecule has 0 saturated heterocycles. The van der Waals surface area contributed by atoms with E-state index in [1.807, 2.05) is 19.1 Å². The van der Waals surface area contributed by atoms with E-state index < -0.39 is 0 Å². The number of nitrogens with two attached hydrogens (primary N) is 1. The normalized spacial score (nSPS) is 11.1. The molecule has 0 fully saturated rings. The van der Waals surface area contributed by atoms with Gasteiger partial charge in [-0.1, -0.05) is 25.4 Å². The van der Waals surface area contributed by atoms with Crippen LogP contribution in [0.5, 0.6) is 0 Å². The highest BCUT2D eigenvalue weighted by atomic mass is 35.5. The van der Waals surface area contributed by atoms with Crippen LogP contribution in [0, 0.1) is 6.92 Å². The fraction of sp³-hybridized carbons (Fsp3) is 0.308. The van der Waals surface area contributed by atoms with Gasteiger partial charge in [0.25, 0.3) is 0 Å². The van der Waals surface area contributed by atoms with Crippen LogP contribution in [0.15, 0.2) is 18.2 Å². The van der Waals surface area contributed by atoms with Crippen LogP contribution in [0.1, 0.15) is 30.9 Å². The highest BCUT2D eigenvalue weighted by Crippen LogP contribution is 2.32. The van der Waals surface area contributed by atoms with E-state index in [0.29, 0.717) is 11.7 Å². The van der Waals surface area contributed by atoms with Crippen molar-refractivity contribution < 1.29 is 0 Å². The molecule has 0 amide bonds. The molecule has 0 aliphatic carbocycles. The summed E-state index contributed by atoms with van der Waals surface area (Å²) in [6.45, 7) is 6.22. The molecule has 1 aromatic carbocycles. The maximum atomic E-state index is 6.07. The summed E-state index contributed by atoms with van der Waals surface area (Å²) in [6, 6.07) is 5.93. The van der Waals surface area contributed by atoms with E-state index >= 15 is 0 Å². The molecule has 0 atom stereocenters. The smallest absolute Gasteiger partial charge is 0.149 e. The average molecular weight is 250 g/mol. The molecule has 0 radical (unpaired) electrons. The van der Waals surface area contributed by atoms with E-state index in [2.05, 4.69) is 30.1 Å². The molecular formula is C13H16ClN3. The molecule has 0 spiro atoms. The zero-order valence-electron chi connectivity index (χ0n) is 10.2. The monoisotopic (exact) mass is 249 g/mol. The fourth-order valence-electron chi connectivity index (χ4n) is 2.05. The lowest BCUT2D eigenvalue weighted by molar-refractivity contribution is 0.873. The van der Waals surface area contributed by atoms with E-state index in [0.717, 1.165) is 27.4 Å². The third-order valence-electron chi connectivity index (χ3n) is 2.74. The summed E-state index contributed by atoms with van der Waals surface area (Å²) in [4.78, 5) is 0. The Morgan fingerprint density at radius 3 is 2.59 bits per heavy atom. The molecule has 2 rings (SSSR count). The van der Waals surface area contributed by atoms with Crippen molar-refractivity contribution in [2.45, 2.75) is 26.7 Å². The Labute approximate surface area is 106 Å². The van der Waals surface area contributed by atoms with E-state index in [1.165, 1.54) is 0 Å². The summed E-state index contributed by atoms with van der Waals surface area (Å²) >= 11 is 6.07. The van der Waals surface area contributed by atoms with Crippen molar-refractivity contribution in [2.75, 3.05) is 5.73 Å². The Morgan fingerprint density at radius 1 is 1.29 bits per heavy atom. The first-order chi connectivity index (χ1) is 7.99. The molecule has 0 unspecified atom stereocenters. The van der Waals surface area contributed by atoms with Crippen molar-refractivity contribution in [3.8, 4) is 11.3 Å². The average Bonchev–Trinajstić information content (AvgIpc) is 2.58. The van der Waals surface area contributed by atoms with Crippen molar-refractivity contribution in [3.63, 3.8) is 0 Å². The van der Waals surface area contributed by atoms with Gasteiger partial charge in [-0.05, 0) is 36.6 Å². The Balaban J connectivity index is 2.60. The molecule has 4 heteroatoms. The van der Waals surface area contributed by atoms with Crippen molar-refractivity contribution in [1.82, 2.24) is 10.2 Å². The molecule has 90 valence electrons. The second-order valence-corrected chi connectivity index (χ2v) is 5.01. The summed E-state index contributed by atoms with van der Waals surface area (Å²) in [5.41, 5.74) is 10.0. The molecule has 3 N–H and O–H groups in total. The van der Waals surface area contributed by atoms with Crippen molar-refractivity contribution in [2.24, 2.45) is 0 Å². The number of rotatable bonds is 2. The third kappa shape index (κ3) is 2.29. The van der Waals surface area contributed by atoms with E-state index in [4.69, 9.17) is 17.3 Å². The second kappa shape index (κ2) is 4.41. The first-order valence-corrected chi connectivity index (χ1v) is 5.98. The summed E-state index contributed by atoms with van der Waals surface area (Å²) in [5, 5.41) is 7.80. The van der Waals surface area contributed by atoms with Gasteiger partial charge < -0.3 is 5.73 Å². The molecule has 0 aliphatic rings. The van der Waals surface area contributed by atoms with Crippen LogP contribution in [0.25, 0.3) is 11.3 Å². The molecule has 0 bridgehead atoms. The summed E-state index contributed by atoms with van der Waals surface area (Å²) in [5.74, 6) is 0.885. The Bertz CT molecular complexity index is 523. The maximum Gasteiger partial charge on any atom is 0.149 e. The summed E-state index contributed by atoms with van der Waals surface area (Å²) < 4.78 is 0. The minimum Gasteiger partial charge on any atom is -0.382 e. The topological polar surface area (TPSA) is 54.7 Å². The minimum absolute atomic E-state index is 0.322. The van der Waals surface area contributed by atoms with Crippen LogP contribution in [0.3, 0.4) is 0 Å². The van der Waals surface area contributed by atoms with E-state index in [-0.39, 0.29) is 0 Å². The number of nitrogens with zero attached hydrogens (tertiary/aromatic N) is 1. The van der Waals surface area contributed by atoms with Gasteiger partial charge in [0.05, 0.1) is 5.69 Å².